The van der Waals surface area contributed by atoms with E-state index in [4.69, 9.17) is 9.26 Å². The van der Waals surface area contributed by atoms with Gasteiger partial charge in [0.05, 0.1) is 18.5 Å². The third kappa shape index (κ3) is 4.09. The van der Waals surface area contributed by atoms with E-state index in [9.17, 15) is 4.57 Å². The summed E-state index contributed by atoms with van der Waals surface area (Å²) in [5, 5.41) is 0.102. The number of methoxy groups -OCH3 is 1. The zero-order valence-electron chi connectivity index (χ0n) is 14.4. The molecule has 0 amide bonds. The predicted molar refractivity (Wildman–Crippen MR) is 106 cm³/mol. The summed E-state index contributed by atoms with van der Waals surface area (Å²) < 4.78 is 24.9. The summed E-state index contributed by atoms with van der Waals surface area (Å²) in [4.78, 5) is 0. The van der Waals surface area contributed by atoms with E-state index in [-0.39, 0.29) is 21.8 Å². The lowest BCUT2D eigenvalue weighted by molar-refractivity contribution is 0.175. The van der Waals surface area contributed by atoms with Crippen LogP contribution in [0.15, 0.2) is 24.3 Å². The van der Waals surface area contributed by atoms with E-state index in [0.29, 0.717) is 0 Å². The van der Waals surface area contributed by atoms with E-state index in [1.807, 2.05) is 38.3 Å². The second-order valence-corrected chi connectivity index (χ2v) is 14.6. The summed E-state index contributed by atoms with van der Waals surface area (Å²) in [5.41, 5.74) is 1.11. The zero-order valence-corrected chi connectivity index (χ0v) is 17.8. The first-order valence-electron chi connectivity index (χ1n) is 7.56. The number of para-hydroxylation sites is 1. The summed E-state index contributed by atoms with van der Waals surface area (Å²) in [6.07, 6.45) is 1.75. The molecule has 1 aliphatic heterocycles. The van der Waals surface area contributed by atoms with Crippen molar-refractivity contribution in [3.63, 3.8) is 0 Å². The van der Waals surface area contributed by atoms with Gasteiger partial charge in [-0.3, -0.25) is 4.57 Å². The van der Waals surface area contributed by atoms with Crippen molar-refractivity contribution in [2.75, 3.05) is 13.4 Å². The van der Waals surface area contributed by atoms with Crippen LogP contribution in [-0.2, 0) is 9.09 Å². The maximum Gasteiger partial charge on any atom is 0.260 e. The van der Waals surface area contributed by atoms with Crippen molar-refractivity contribution in [3.05, 3.63) is 29.8 Å². The molecule has 0 bridgehead atoms. The Hall–Kier alpha value is 0.260. The van der Waals surface area contributed by atoms with E-state index in [2.05, 4.69) is 19.9 Å². The summed E-state index contributed by atoms with van der Waals surface area (Å²) >= 11 is 1.36. The molecule has 3 atom stereocenters. The van der Waals surface area contributed by atoms with Gasteiger partial charge in [0.2, 0.25) is 0 Å². The maximum absolute atomic E-state index is 13.1. The van der Waals surface area contributed by atoms with Gasteiger partial charge in [0, 0.05) is 16.0 Å². The van der Waals surface area contributed by atoms with Gasteiger partial charge in [-0.15, -0.1) is 0 Å². The molecule has 1 heterocycles. The Balaban J connectivity index is 2.38. The highest BCUT2D eigenvalue weighted by molar-refractivity contribution is 8.77. The quantitative estimate of drug-likeness (QED) is 0.420. The highest BCUT2D eigenvalue weighted by atomic mass is 33.1. The molecule has 0 spiro atoms. The molecule has 1 aliphatic rings. The van der Waals surface area contributed by atoms with Crippen molar-refractivity contribution in [2.24, 2.45) is 0 Å². The fraction of sp³-hybridized carbons (Fsp3) is 0.625. The van der Waals surface area contributed by atoms with Crippen molar-refractivity contribution >= 4 is 39.5 Å². The second kappa shape index (κ2) is 7.65. The van der Waals surface area contributed by atoms with Gasteiger partial charge in [-0.25, -0.2) is 0 Å². The lowest BCUT2D eigenvalue weighted by Crippen LogP contribution is -2.34. The van der Waals surface area contributed by atoms with Crippen molar-refractivity contribution in [1.82, 2.24) is 0 Å². The lowest BCUT2D eigenvalue weighted by Gasteiger charge is -2.33. The Morgan fingerprint density at radius 3 is 2.52 bits per heavy atom. The average molecular weight is 393 g/mol. The van der Waals surface area contributed by atoms with Crippen LogP contribution in [-0.4, -0.2) is 29.9 Å². The molecular formula is C16H25O3PS3. The van der Waals surface area contributed by atoms with Crippen LogP contribution in [0.3, 0.4) is 0 Å². The van der Waals surface area contributed by atoms with Gasteiger partial charge >= 0.3 is 0 Å². The van der Waals surface area contributed by atoms with Crippen LogP contribution in [0.2, 0.25) is 0 Å². The average Bonchev–Trinajstić information content (AvgIpc) is 2.81. The highest BCUT2D eigenvalue weighted by Crippen LogP contribution is 2.69. The molecule has 3 nitrogen and oxygen atoms in total. The summed E-state index contributed by atoms with van der Waals surface area (Å²) in [6, 6.07) is 8.03. The third-order valence-electron chi connectivity index (χ3n) is 3.92. The summed E-state index contributed by atoms with van der Waals surface area (Å²) in [7, 11) is 5.27. The molecule has 0 saturated carbocycles. The minimum atomic E-state index is -2.73. The van der Waals surface area contributed by atoms with Crippen molar-refractivity contribution in [3.8, 4) is 5.75 Å². The minimum absolute atomic E-state index is 0.00205. The number of rotatable bonds is 6. The molecule has 0 radical (unpaired) electrons. The van der Waals surface area contributed by atoms with Gasteiger partial charge in [-0.2, -0.15) is 0 Å². The molecule has 0 aromatic heterocycles. The zero-order chi connectivity index (χ0) is 17.3. The SMILES string of the molecule is COc1ccccc1C1SSC(C)(C)[C@H]1OP(=O)(SC)C(C)C. The Bertz CT molecular complexity index is 592. The molecule has 1 saturated heterocycles. The Labute approximate surface area is 151 Å². The molecule has 1 fully saturated rings. The topological polar surface area (TPSA) is 35.5 Å². The second-order valence-electron chi connectivity index (χ2n) is 6.29. The van der Waals surface area contributed by atoms with E-state index in [0.717, 1.165) is 11.3 Å². The van der Waals surface area contributed by atoms with Crippen LogP contribution in [0.1, 0.15) is 38.5 Å². The van der Waals surface area contributed by atoms with Crippen LogP contribution < -0.4 is 4.74 Å². The molecule has 1 aromatic carbocycles. The Morgan fingerprint density at radius 1 is 1.30 bits per heavy atom. The maximum atomic E-state index is 13.1. The highest BCUT2D eigenvalue weighted by Gasteiger charge is 2.49. The van der Waals surface area contributed by atoms with Crippen molar-refractivity contribution < 1.29 is 13.8 Å². The minimum Gasteiger partial charge on any atom is -0.496 e. The van der Waals surface area contributed by atoms with Crippen molar-refractivity contribution in [2.45, 2.75) is 49.5 Å². The van der Waals surface area contributed by atoms with Gasteiger partial charge < -0.3 is 9.26 Å². The number of hydrogen-bond donors (Lipinski definition) is 0. The van der Waals surface area contributed by atoms with Gasteiger partial charge in [0.1, 0.15) is 5.75 Å². The Morgan fingerprint density at radius 2 is 1.96 bits per heavy atom. The fourth-order valence-electron chi connectivity index (χ4n) is 2.47. The first kappa shape index (κ1) is 19.6. The van der Waals surface area contributed by atoms with E-state index < -0.39 is 6.57 Å². The van der Waals surface area contributed by atoms with E-state index >= 15 is 0 Å². The lowest BCUT2D eigenvalue weighted by atomic mass is 9.97. The standard InChI is InChI=1S/C16H25O3PS3/c1-11(2)20(17,21-6)19-15-14(22-23-16(15,3)4)12-9-7-8-10-13(12)18-5/h7-11,14-15H,1-6H3/t14?,15-,20?/m0/s1. The third-order valence-corrected chi connectivity index (χ3v) is 12.9. The molecule has 130 valence electrons. The monoisotopic (exact) mass is 392 g/mol. The molecule has 7 heteroatoms. The van der Waals surface area contributed by atoms with Gasteiger partial charge in [0.25, 0.3) is 6.57 Å². The smallest absolute Gasteiger partial charge is 0.260 e. The molecule has 0 aliphatic carbocycles. The van der Waals surface area contributed by atoms with Crippen LogP contribution in [0.5, 0.6) is 5.75 Å². The van der Waals surface area contributed by atoms with Gasteiger partial charge in [0.15, 0.2) is 0 Å². The number of ether oxygens (including phenoxy) is 1. The predicted octanol–water partition coefficient (Wildman–Crippen LogP) is 6.26. The first-order valence-corrected chi connectivity index (χ1v) is 13.3. The summed E-state index contributed by atoms with van der Waals surface area (Å²) in [6.45, 7) is 5.53. The molecule has 2 unspecified atom stereocenters. The van der Waals surface area contributed by atoms with Crippen LogP contribution in [0.25, 0.3) is 0 Å². The largest absolute Gasteiger partial charge is 0.496 e. The van der Waals surface area contributed by atoms with E-state index in [1.54, 1.807) is 28.7 Å². The molecule has 23 heavy (non-hydrogen) atoms. The van der Waals surface area contributed by atoms with Crippen LogP contribution in [0.4, 0.5) is 0 Å². The number of benzene rings is 1. The molecule has 0 N–H and O–H groups in total. The van der Waals surface area contributed by atoms with Crippen molar-refractivity contribution in [1.29, 1.82) is 0 Å². The van der Waals surface area contributed by atoms with Gasteiger partial charge in [-0.1, -0.05) is 65.0 Å². The fourth-order valence-corrected chi connectivity index (χ4v) is 9.34. The molecule has 2 rings (SSSR count). The van der Waals surface area contributed by atoms with Crippen LogP contribution >= 0.6 is 39.5 Å². The molecule has 1 aromatic rings. The normalized spacial score (nSPS) is 26.2. The van der Waals surface area contributed by atoms with Gasteiger partial charge in [-0.05, 0) is 26.2 Å². The molecular weight excluding hydrogens is 367 g/mol. The number of hydrogen-bond acceptors (Lipinski definition) is 6. The Kier molecular flexibility index (Phi) is 6.52. The summed E-state index contributed by atoms with van der Waals surface area (Å²) in [5.74, 6) is 0.862. The van der Waals surface area contributed by atoms with E-state index in [1.165, 1.54) is 11.4 Å². The van der Waals surface area contributed by atoms with Crippen LogP contribution in [0, 0.1) is 0 Å². The first-order chi connectivity index (χ1) is 10.7.